The summed E-state index contributed by atoms with van der Waals surface area (Å²) in [5, 5.41) is 0. The number of nitrogens with two attached hydrogens (primary N) is 1. The number of benzene rings is 1. The molecule has 28 heavy (non-hydrogen) atoms. The highest BCUT2D eigenvalue weighted by Crippen LogP contribution is 2.28. The zero-order valence-electron chi connectivity index (χ0n) is 16.9. The van der Waals surface area contributed by atoms with Crippen molar-refractivity contribution in [1.29, 1.82) is 0 Å². The molecule has 1 aromatic carbocycles. The van der Waals surface area contributed by atoms with Crippen LogP contribution >= 0.6 is 12.4 Å². The third kappa shape index (κ3) is 4.70. The fourth-order valence-electron chi connectivity index (χ4n) is 4.50. The van der Waals surface area contributed by atoms with Gasteiger partial charge in [0.05, 0.1) is 4.90 Å². The first-order valence-electron chi connectivity index (χ1n) is 9.83. The lowest BCUT2D eigenvalue weighted by molar-refractivity contribution is 0.0743. The predicted molar refractivity (Wildman–Crippen MR) is 113 cm³/mol. The first kappa shape index (κ1) is 23.1. The van der Waals surface area contributed by atoms with Crippen LogP contribution in [0.2, 0.25) is 0 Å². The third-order valence-corrected chi connectivity index (χ3v) is 7.64. The molecule has 2 N–H and O–H groups in total. The summed E-state index contributed by atoms with van der Waals surface area (Å²) in [6.45, 7) is 8.45. The van der Waals surface area contributed by atoms with E-state index in [-0.39, 0.29) is 29.3 Å². The molecule has 158 valence electrons. The summed E-state index contributed by atoms with van der Waals surface area (Å²) in [4.78, 5) is 15.0. The Bertz CT molecular complexity index is 792. The predicted octanol–water partition coefficient (Wildman–Crippen LogP) is 2.58. The Morgan fingerprint density at radius 2 is 1.75 bits per heavy atom. The zero-order chi connectivity index (χ0) is 19.8. The number of halogens is 1. The highest BCUT2D eigenvalue weighted by Gasteiger charge is 2.34. The number of piperidine rings is 1. The van der Waals surface area contributed by atoms with Gasteiger partial charge in [-0.15, -0.1) is 12.4 Å². The standard InChI is InChI=1S/C20H31N3O3S.ClH/c1-14-7-15(2)12-22(11-14)27(25,26)19-6-4-5-18(9-19)20(24)23-13-17(10-21)8-16(23)3;/h4-6,9,14-17H,7-8,10-13,21H2,1-3H3;1H. The Morgan fingerprint density at radius 3 is 2.32 bits per heavy atom. The molecule has 6 nitrogen and oxygen atoms in total. The van der Waals surface area contributed by atoms with E-state index in [1.807, 2.05) is 11.8 Å². The molecule has 2 aliphatic heterocycles. The van der Waals surface area contributed by atoms with Crippen molar-refractivity contribution >= 4 is 28.3 Å². The van der Waals surface area contributed by atoms with Crippen molar-refractivity contribution in [2.45, 2.75) is 44.6 Å². The van der Waals surface area contributed by atoms with Crippen molar-refractivity contribution in [3.8, 4) is 0 Å². The van der Waals surface area contributed by atoms with Gasteiger partial charge in [-0.2, -0.15) is 4.31 Å². The SMILES string of the molecule is CC1CC(C)CN(S(=O)(=O)c2cccc(C(=O)N3CC(CN)CC3C)c2)C1.Cl. The molecule has 0 radical (unpaired) electrons. The van der Waals surface area contributed by atoms with E-state index >= 15 is 0 Å². The van der Waals surface area contributed by atoms with E-state index in [0.29, 0.717) is 49.5 Å². The molecule has 0 bridgehead atoms. The van der Waals surface area contributed by atoms with Crippen LogP contribution in [0.3, 0.4) is 0 Å². The molecule has 0 spiro atoms. The minimum absolute atomic E-state index is 0. The number of amides is 1. The first-order valence-corrected chi connectivity index (χ1v) is 11.3. The van der Waals surface area contributed by atoms with Crippen LogP contribution in [-0.4, -0.2) is 55.8 Å². The molecule has 2 aliphatic rings. The average molecular weight is 430 g/mol. The van der Waals surface area contributed by atoms with Crippen molar-refractivity contribution < 1.29 is 13.2 Å². The lowest BCUT2D eigenvalue weighted by Gasteiger charge is -2.34. The maximum Gasteiger partial charge on any atom is 0.254 e. The van der Waals surface area contributed by atoms with E-state index in [4.69, 9.17) is 5.73 Å². The topological polar surface area (TPSA) is 83.7 Å². The van der Waals surface area contributed by atoms with Gasteiger partial charge < -0.3 is 10.6 Å². The molecule has 0 aliphatic carbocycles. The van der Waals surface area contributed by atoms with Crippen LogP contribution in [0.25, 0.3) is 0 Å². The van der Waals surface area contributed by atoms with Gasteiger partial charge in [0.2, 0.25) is 10.0 Å². The van der Waals surface area contributed by atoms with Crippen molar-refractivity contribution in [2.75, 3.05) is 26.2 Å². The van der Waals surface area contributed by atoms with Gasteiger partial charge in [-0.1, -0.05) is 19.9 Å². The molecular formula is C20H32ClN3O3S. The molecule has 3 rings (SSSR count). The van der Waals surface area contributed by atoms with E-state index in [0.717, 1.165) is 12.8 Å². The molecule has 0 aromatic heterocycles. The van der Waals surface area contributed by atoms with Crippen molar-refractivity contribution in [3.63, 3.8) is 0 Å². The third-order valence-electron chi connectivity index (χ3n) is 5.81. The van der Waals surface area contributed by atoms with Crippen molar-refractivity contribution in [3.05, 3.63) is 29.8 Å². The van der Waals surface area contributed by atoms with Gasteiger partial charge in [-0.25, -0.2) is 8.42 Å². The number of likely N-dealkylation sites (tertiary alicyclic amines) is 1. The maximum absolute atomic E-state index is 13.1. The Kier molecular flexibility index (Phi) is 7.53. The summed E-state index contributed by atoms with van der Waals surface area (Å²) in [6.07, 6.45) is 1.93. The van der Waals surface area contributed by atoms with Gasteiger partial charge in [0.25, 0.3) is 5.91 Å². The maximum atomic E-state index is 13.1. The summed E-state index contributed by atoms with van der Waals surface area (Å²) in [7, 11) is -3.59. The molecule has 0 saturated carbocycles. The van der Waals surface area contributed by atoms with Gasteiger partial charge in [0.1, 0.15) is 0 Å². The molecule has 1 aromatic rings. The van der Waals surface area contributed by atoms with E-state index in [1.165, 1.54) is 6.07 Å². The molecule has 2 saturated heterocycles. The Morgan fingerprint density at radius 1 is 1.11 bits per heavy atom. The van der Waals surface area contributed by atoms with Crippen LogP contribution in [0.15, 0.2) is 29.2 Å². The quantitative estimate of drug-likeness (QED) is 0.797. The fraction of sp³-hybridized carbons (Fsp3) is 0.650. The Hall–Kier alpha value is -1.15. The summed E-state index contributed by atoms with van der Waals surface area (Å²) in [5.74, 6) is 0.877. The number of hydrogen-bond donors (Lipinski definition) is 1. The minimum atomic E-state index is -3.59. The van der Waals surface area contributed by atoms with Crippen molar-refractivity contribution in [2.24, 2.45) is 23.5 Å². The fourth-order valence-corrected chi connectivity index (χ4v) is 6.23. The highest BCUT2D eigenvalue weighted by molar-refractivity contribution is 7.89. The number of sulfonamides is 1. The van der Waals surface area contributed by atoms with E-state index in [1.54, 1.807) is 22.5 Å². The van der Waals surface area contributed by atoms with Gasteiger partial charge in [-0.3, -0.25) is 4.79 Å². The summed E-state index contributed by atoms with van der Waals surface area (Å²) < 4.78 is 27.8. The van der Waals surface area contributed by atoms with Crippen LogP contribution in [0, 0.1) is 17.8 Å². The van der Waals surface area contributed by atoms with E-state index < -0.39 is 10.0 Å². The monoisotopic (exact) mass is 429 g/mol. The zero-order valence-corrected chi connectivity index (χ0v) is 18.5. The average Bonchev–Trinajstić information content (AvgIpc) is 3.01. The molecule has 4 unspecified atom stereocenters. The largest absolute Gasteiger partial charge is 0.336 e. The summed E-state index contributed by atoms with van der Waals surface area (Å²) >= 11 is 0. The van der Waals surface area contributed by atoms with Crippen LogP contribution in [0.4, 0.5) is 0 Å². The molecule has 1 amide bonds. The second kappa shape index (κ2) is 9.11. The number of hydrogen-bond acceptors (Lipinski definition) is 4. The van der Waals surface area contributed by atoms with Gasteiger partial charge in [0, 0.05) is 31.2 Å². The molecule has 8 heteroatoms. The van der Waals surface area contributed by atoms with Crippen LogP contribution in [-0.2, 0) is 10.0 Å². The molecule has 4 atom stereocenters. The minimum Gasteiger partial charge on any atom is -0.336 e. The summed E-state index contributed by atoms with van der Waals surface area (Å²) in [5.41, 5.74) is 6.19. The van der Waals surface area contributed by atoms with Gasteiger partial charge in [-0.05, 0) is 62.3 Å². The normalized spacial score (nSPS) is 28.8. The summed E-state index contributed by atoms with van der Waals surface area (Å²) in [6, 6.07) is 6.61. The number of nitrogens with zero attached hydrogens (tertiary/aromatic N) is 2. The Balaban J connectivity index is 0.00000280. The number of carbonyl (C=O) groups excluding carboxylic acids is 1. The van der Waals surface area contributed by atoms with Gasteiger partial charge >= 0.3 is 0 Å². The van der Waals surface area contributed by atoms with Crippen LogP contribution in [0.5, 0.6) is 0 Å². The molecule has 2 heterocycles. The first-order chi connectivity index (χ1) is 12.7. The second-order valence-electron chi connectivity index (χ2n) is 8.44. The van der Waals surface area contributed by atoms with E-state index in [9.17, 15) is 13.2 Å². The van der Waals surface area contributed by atoms with Crippen LogP contribution < -0.4 is 5.73 Å². The van der Waals surface area contributed by atoms with Crippen LogP contribution in [0.1, 0.15) is 44.0 Å². The lowest BCUT2D eigenvalue weighted by atomic mass is 9.94. The number of carbonyl (C=O) groups is 1. The molecular weight excluding hydrogens is 398 g/mol. The van der Waals surface area contributed by atoms with Crippen molar-refractivity contribution in [1.82, 2.24) is 9.21 Å². The smallest absolute Gasteiger partial charge is 0.254 e. The number of rotatable bonds is 4. The Labute approximate surface area is 174 Å². The second-order valence-corrected chi connectivity index (χ2v) is 10.4. The molecule has 2 fully saturated rings. The van der Waals surface area contributed by atoms with E-state index in [2.05, 4.69) is 13.8 Å². The lowest BCUT2D eigenvalue weighted by Crippen LogP contribution is -2.42. The highest BCUT2D eigenvalue weighted by atomic mass is 35.5. The van der Waals surface area contributed by atoms with Gasteiger partial charge in [0.15, 0.2) is 0 Å².